The van der Waals surface area contributed by atoms with Crippen LogP contribution in [0.4, 0.5) is 0 Å². The van der Waals surface area contributed by atoms with Crippen LogP contribution in [-0.4, -0.2) is 16.6 Å². The molecule has 94 valence electrons. The van der Waals surface area contributed by atoms with Crippen LogP contribution in [0.15, 0.2) is 29.0 Å². The Morgan fingerprint density at radius 1 is 1.33 bits per heavy atom. The molecule has 0 aromatic carbocycles. The molecule has 0 unspecified atom stereocenters. The first-order valence-corrected chi connectivity index (χ1v) is 7.15. The van der Waals surface area contributed by atoms with Crippen LogP contribution in [0, 0.1) is 5.92 Å². The second-order valence-electron chi connectivity index (χ2n) is 4.76. The average molecular weight is 307 g/mol. The van der Waals surface area contributed by atoms with Crippen molar-refractivity contribution in [3.05, 3.63) is 29.0 Å². The van der Waals surface area contributed by atoms with Crippen molar-refractivity contribution in [1.82, 2.24) is 9.97 Å². The highest BCUT2D eigenvalue weighted by Crippen LogP contribution is 2.30. The molecule has 4 heteroatoms. The van der Waals surface area contributed by atoms with Gasteiger partial charge in [-0.3, -0.25) is 4.98 Å². The maximum absolute atomic E-state index is 5.85. The summed E-state index contributed by atoms with van der Waals surface area (Å²) in [5.41, 5.74) is 1.71. The smallest absolute Gasteiger partial charge is 0.148 e. The number of pyridine rings is 2. The summed E-state index contributed by atoms with van der Waals surface area (Å²) < 4.78 is 6.79. The minimum Gasteiger partial charge on any atom is -0.491 e. The standard InChI is InChI=1S/C14H15BrN2O/c15-11-8-12-14(17-9-11)13(4-6-16-12)18-7-5-10-2-1-3-10/h4,6,8-10H,1-3,5,7H2. The zero-order chi connectivity index (χ0) is 12.4. The first-order chi connectivity index (χ1) is 8.83. The number of hydrogen-bond donors (Lipinski definition) is 0. The van der Waals surface area contributed by atoms with Crippen molar-refractivity contribution < 1.29 is 4.74 Å². The lowest BCUT2D eigenvalue weighted by Crippen LogP contribution is -2.14. The summed E-state index contributed by atoms with van der Waals surface area (Å²) in [5.74, 6) is 1.71. The van der Waals surface area contributed by atoms with Crippen LogP contribution in [0.5, 0.6) is 5.75 Å². The lowest BCUT2D eigenvalue weighted by molar-refractivity contribution is 0.223. The fourth-order valence-corrected chi connectivity index (χ4v) is 2.53. The van der Waals surface area contributed by atoms with Gasteiger partial charge in [0.2, 0.25) is 0 Å². The molecule has 1 saturated carbocycles. The lowest BCUT2D eigenvalue weighted by Gasteiger charge is -2.25. The SMILES string of the molecule is Brc1cnc2c(OCCC3CCC3)ccnc2c1. The number of rotatable bonds is 4. The summed E-state index contributed by atoms with van der Waals surface area (Å²) in [6.45, 7) is 0.779. The normalized spacial score (nSPS) is 15.6. The van der Waals surface area contributed by atoms with Crippen molar-refractivity contribution >= 4 is 27.0 Å². The Bertz CT molecular complexity index is 554. The molecule has 0 bridgehead atoms. The third-order valence-corrected chi connectivity index (χ3v) is 3.95. The minimum atomic E-state index is 0.779. The van der Waals surface area contributed by atoms with Gasteiger partial charge >= 0.3 is 0 Å². The van der Waals surface area contributed by atoms with Crippen molar-refractivity contribution in [2.45, 2.75) is 25.7 Å². The second kappa shape index (κ2) is 5.22. The van der Waals surface area contributed by atoms with Gasteiger partial charge in [-0.25, -0.2) is 4.98 Å². The molecular formula is C14H15BrN2O. The van der Waals surface area contributed by atoms with Gasteiger partial charge < -0.3 is 4.74 Å². The Kier molecular flexibility index (Phi) is 3.46. The maximum atomic E-state index is 5.85. The van der Waals surface area contributed by atoms with E-state index in [0.29, 0.717) is 0 Å². The molecule has 18 heavy (non-hydrogen) atoms. The van der Waals surface area contributed by atoms with Gasteiger partial charge in [0.15, 0.2) is 0 Å². The zero-order valence-corrected chi connectivity index (χ0v) is 11.7. The Labute approximate surface area is 115 Å². The third kappa shape index (κ3) is 2.48. The third-order valence-electron chi connectivity index (χ3n) is 3.52. The van der Waals surface area contributed by atoms with Gasteiger partial charge in [0.25, 0.3) is 0 Å². The zero-order valence-electron chi connectivity index (χ0n) is 10.1. The van der Waals surface area contributed by atoms with Crippen LogP contribution in [0.3, 0.4) is 0 Å². The van der Waals surface area contributed by atoms with Gasteiger partial charge in [-0.05, 0) is 34.3 Å². The predicted molar refractivity (Wildman–Crippen MR) is 74.7 cm³/mol. The summed E-state index contributed by atoms with van der Waals surface area (Å²) in [7, 11) is 0. The molecule has 0 atom stereocenters. The van der Waals surface area contributed by atoms with E-state index in [1.165, 1.54) is 19.3 Å². The summed E-state index contributed by atoms with van der Waals surface area (Å²) in [4.78, 5) is 8.68. The van der Waals surface area contributed by atoms with Gasteiger partial charge in [-0.15, -0.1) is 0 Å². The lowest BCUT2D eigenvalue weighted by atomic mass is 9.83. The highest BCUT2D eigenvalue weighted by molar-refractivity contribution is 9.10. The summed E-state index contributed by atoms with van der Waals surface area (Å²) in [6.07, 6.45) is 8.83. The molecule has 3 nitrogen and oxygen atoms in total. The average Bonchev–Trinajstić information content (AvgIpc) is 2.32. The molecule has 2 aromatic heterocycles. The molecular weight excluding hydrogens is 292 g/mol. The van der Waals surface area contributed by atoms with E-state index in [1.54, 1.807) is 12.4 Å². The fraction of sp³-hybridized carbons (Fsp3) is 0.429. The van der Waals surface area contributed by atoms with Crippen LogP contribution in [0.25, 0.3) is 11.0 Å². The van der Waals surface area contributed by atoms with E-state index >= 15 is 0 Å². The van der Waals surface area contributed by atoms with Gasteiger partial charge in [-0.2, -0.15) is 0 Å². The van der Waals surface area contributed by atoms with Crippen LogP contribution in [-0.2, 0) is 0 Å². The largest absolute Gasteiger partial charge is 0.491 e. The van der Waals surface area contributed by atoms with Crippen molar-refractivity contribution in [3.8, 4) is 5.75 Å². The molecule has 2 heterocycles. The van der Waals surface area contributed by atoms with Gasteiger partial charge in [0.05, 0.1) is 12.1 Å². The molecule has 0 spiro atoms. The summed E-state index contributed by atoms with van der Waals surface area (Å²) in [5, 5.41) is 0. The van der Waals surface area contributed by atoms with E-state index in [9.17, 15) is 0 Å². The van der Waals surface area contributed by atoms with Crippen molar-refractivity contribution in [2.75, 3.05) is 6.61 Å². The van der Waals surface area contributed by atoms with Crippen molar-refractivity contribution in [2.24, 2.45) is 5.92 Å². The number of aromatic nitrogens is 2. The van der Waals surface area contributed by atoms with Gasteiger partial charge in [0, 0.05) is 22.9 Å². The van der Waals surface area contributed by atoms with E-state index in [4.69, 9.17) is 4.74 Å². The van der Waals surface area contributed by atoms with Crippen LogP contribution in [0.1, 0.15) is 25.7 Å². The van der Waals surface area contributed by atoms with Gasteiger partial charge in [0.1, 0.15) is 11.3 Å². The van der Waals surface area contributed by atoms with Crippen molar-refractivity contribution in [1.29, 1.82) is 0 Å². The summed E-state index contributed by atoms with van der Waals surface area (Å²) in [6, 6.07) is 3.85. The molecule has 1 aliphatic rings. The van der Waals surface area contributed by atoms with Crippen molar-refractivity contribution in [3.63, 3.8) is 0 Å². The minimum absolute atomic E-state index is 0.779. The molecule has 0 saturated heterocycles. The Morgan fingerprint density at radius 2 is 2.22 bits per heavy atom. The van der Waals surface area contributed by atoms with E-state index in [1.807, 2.05) is 12.1 Å². The highest BCUT2D eigenvalue weighted by Gasteiger charge is 2.17. The highest BCUT2D eigenvalue weighted by atomic mass is 79.9. The Balaban J connectivity index is 1.74. The first-order valence-electron chi connectivity index (χ1n) is 6.36. The molecule has 0 aliphatic heterocycles. The second-order valence-corrected chi connectivity index (χ2v) is 5.68. The molecule has 0 radical (unpaired) electrons. The number of ether oxygens (including phenoxy) is 1. The number of halogens is 1. The molecule has 0 amide bonds. The Morgan fingerprint density at radius 3 is 3.00 bits per heavy atom. The number of nitrogens with zero attached hydrogens (tertiary/aromatic N) is 2. The fourth-order valence-electron chi connectivity index (χ4n) is 2.21. The Hall–Kier alpha value is -1.16. The van der Waals surface area contributed by atoms with Crippen LogP contribution >= 0.6 is 15.9 Å². The number of hydrogen-bond acceptors (Lipinski definition) is 3. The van der Waals surface area contributed by atoms with Gasteiger partial charge in [-0.1, -0.05) is 19.3 Å². The molecule has 1 fully saturated rings. The molecule has 1 aliphatic carbocycles. The maximum Gasteiger partial charge on any atom is 0.148 e. The van der Waals surface area contributed by atoms with Crippen LogP contribution in [0.2, 0.25) is 0 Å². The summed E-state index contributed by atoms with van der Waals surface area (Å²) >= 11 is 3.40. The molecule has 0 N–H and O–H groups in total. The topological polar surface area (TPSA) is 35.0 Å². The monoisotopic (exact) mass is 306 g/mol. The van der Waals surface area contributed by atoms with E-state index in [-0.39, 0.29) is 0 Å². The van der Waals surface area contributed by atoms with E-state index < -0.39 is 0 Å². The molecule has 3 rings (SSSR count). The number of fused-ring (bicyclic) bond motifs is 1. The first kappa shape index (κ1) is 11.9. The quantitative estimate of drug-likeness (QED) is 0.857. The predicted octanol–water partition coefficient (Wildman–Crippen LogP) is 3.96. The van der Waals surface area contributed by atoms with Crippen LogP contribution < -0.4 is 4.74 Å². The van der Waals surface area contributed by atoms with E-state index in [0.717, 1.165) is 40.2 Å². The van der Waals surface area contributed by atoms with E-state index in [2.05, 4.69) is 25.9 Å². The molecule has 2 aromatic rings.